The molecule has 1 saturated heterocycles. The summed E-state index contributed by atoms with van der Waals surface area (Å²) in [6, 6.07) is 5.48. The monoisotopic (exact) mass is 313 g/mol. The maximum absolute atomic E-state index is 10.0. The van der Waals surface area contributed by atoms with Gasteiger partial charge in [0.05, 0.1) is 6.10 Å². The predicted octanol–water partition coefficient (Wildman–Crippen LogP) is 2.55. The van der Waals surface area contributed by atoms with Crippen LogP contribution in [-0.2, 0) is 4.74 Å². The minimum Gasteiger partial charge on any atom is -0.491 e. The molecule has 118 valence electrons. The zero-order valence-electron chi connectivity index (χ0n) is 12.9. The van der Waals surface area contributed by atoms with Gasteiger partial charge in [-0.2, -0.15) is 0 Å². The Bertz CT molecular complexity index is 483. The van der Waals surface area contributed by atoms with Crippen molar-refractivity contribution in [2.45, 2.75) is 44.9 Å². The number of nitrogens with one attached hydrogen (secondary N) is 1. The molecule has 1 aromatic carbocycles. The highest BCUT2D eigenvalue weighted by molar-refractivity contribution is 6.31. The molecule has 4 nitrogen and oxygen atoms in total. The van der Waals surface area contributed by atoms with Gasteiger partial charge in [0.15, 0.2) is 0 Å². The molecular formula is C16H24ClNO3. The number of aryl methyl sites for hydroxylation is 1. The maximum atomic E-state index is 10.0. The van der Waals surface area contributed by atoms with E-state index < -0.39 is 6.10 Å². The van der Waals surface area contributed by atoms with Crippen LogP contribution in [0.15, 0.2) is 18.2 Å². The van der Waals surface area contributed by atoms with E-state index in [4.69, 9.17) is 21.1 Å². The molecule has 5 heteroatoms. The molecule has 1 aromatic rings. The van der Waals surface area contributed by atoms with Gasteiger partial charge in [0.2, 0.25) is 0 Å². The van der Waals surface area contributed by atoms with Crippen LogP contribution in [0.25, 0.3) is 0 Å². The fourth-order valence-corrected chi connectivity index (χ4v) is 2.49. The van der Waals surface area contributed by atoms with E-state index in [1.54, 1.807) is 6.07 Å². The highest BCUT2D eigenvalue weighted by Crippen LogP contribution is 2.25. The smallest absolute Gasteiger partial charge is 0.119 e. The van der Waals surface area contributed by atoms with E-state index in [0.717, 1.165) is 24.3 Å². The summed E-state index contributed by atoms with van der Waals surface area (Å²) in [6.07, 6.45) is 0.549. The number of halogens is 1. The first-order valence-corrected chi connectivity index (χ1v) is 7.72. The summed E-state index contributed by atoms with van der Waals surface area (Å²) < 4.78 is 11.2. The summed E-state index contributed by atoms with van der Waals surface area (Å²) in [5.74, 6) is 0.722. The first kappa shape index (κ1) is 16.6. The van der Waals surface area contributed by atoms with Gasteiger partial charge in [-0.15, -0.1) is 0 Å². The molecule has 3 atom stereocenters. The minimum atomic E-state index is -0.564. The van der Waals surface area contributed by atoms with Crippen molar-refractivity contribution in [2.24, 2.45) is 0 Å². The van der Waals surface area contributed by atoms with Gasteiger partial charge in [-0.05, 0) is 51.0 Å². The molecule has 0 aliphatic carbocycles. The largest absolute Gasteiger partial charge is 0.491 e. The predicted molar refractivity (Wildman–Crippen MR) is 84.1 cm³/mol. The van der Waals surface area contributed by atoms with Gasteiger partial charge >= 0.3 is 0 Å². The highest BCUT2D eigenvalue weighted by Gasteiger charge is 2.36. The Morgan fingerprint density at radius 2 is 2.33 bits per heavy atom. The van der Waals surface area contributed by atoms with Crippen molar-refractivity contribution in [2.75, 3.05) is 19.8 Å². The van der Waals surface area contributed by atoms with E-state index in [2.05, 4.69) is 19.2 Å². The van der Waals surface area contributed by atoms with E-state index in [-0.39, 0.29) is 18.2 Å². The lowest BCUT2D eigenvalue weighted by molar-refractivity contribution is 0.0686. The van der Waals surface area contributed by atoms with Crippen molar-refractivity contribution in [3.8, 4) is 5.75 Å². The topological polar surface area (TPSA) is 50.7 Å². The first-order valence-electron chi connectivity index (χ1n) is 7.34. The molecule has 1 aliphatic heterocycles. The fourth-order valence-electron chi connectivity index (χ4n) is 2.38. The molecule has 0 spiro atoms. The van der Waals surface area contributed by atoms with Gasteiger partial charge in [0.1, 0.15) is 18.5 Å². The van der Waals surface area contributed by atoms with Gasteiger partial charge in [-0.1, -0.05) is 11.6 Å². The molecule has 0 saturated carbocycles. The number of benzene rings is 1. The summed E-state index contributed by atoms with van der Waals surface area (Å²) in [4.78, 5) is 0. The second kappa shape index (κ2) is 6.97. The molecule has 1 fully saturated rings. The summed E-state index contributed by atoms with van der Waals surface area (Å²) in [5, 5.41) is 14.1. The zero-order chi connectivity index (χ0) is 15.5. The average molecular weight is 314 g/mol. The van der Waals surface area contributed by atoms with Crippen LogP contribution in [0, 0.1) is 6.92 Å². The summed E-state index contributed by atoms with van der Waals surface area (Å²) in [6.45, 7) is 7.60. The molecular weight excluding hydrogens is 290 g/mol. The third-order valence-corrected chi connectivity index (χ3v) is 4.62. The van der Waals surface area contributed by atoms with E-state index in [9.17, 15) is 5.11 Å². The molecule has 3 unspecified atom stereocenters. The Balaban J connectivity index is 1.77. The van der Waals surface area contributed by atoms with Gasteiger partial charge in [-0.3, -0.25) is 0 Å². The van der Waals surface area contributed by atoms with Crippen LogP contribution in [0.1, 0.15) is 25.8 Å². The number of aliphatic hydroxyl groups is 1. The zero-order valence-corrected chi connectivity index (χ0v) is 13.6. The van der Waals surface area contributed by atoms with E-state index >= 15 is 0 Å². The van der Waals surface area contributed by atoms with Crippen molar-refractivity contribution >= 4 is 11.6 Å². The molecule has 0 radical (unpaired) electrons. The van der Waals surface area contributed by atoms with Crippen molar-refractivity contribution in [1.82, 2.24) is 5.32 Å². The molecule has 2 rings (SSSR count). The van der Waals surface area contributed by atoms with Crippen LogP contribution < -0.4 is 10.1 Å². The number of hydrogen-bond donors (Lipinski definition) is 2. The van der Waals surface area contributed by atoms with E-state index in [1.807, 2.05) is 19.1 Å². The molecule has 21 heavy (non-hydrogen) atoms. The lowest BCUT2D eigenvalue weighted by atomic mass is 9.94. The van der Waals surface area contributed by atoms with E-state index in [1.165, 1.54) is 0 Å². The Kier molecular flexibility index (Phi) is 5.49. The van der Waals surface area contributed by atoms with Crippen LogP contribution in [-0.4, -0.2) is 42.6 Å². The van der Waals surface area contributed by atoms with Crippen molar-refractivity contribution in [1.29, 1.82) is 0 Å². The third kappa shape index (κ3) is 4.33. The maximum Gasteiger partial charge on any atom is 0.119 e. The number of rotatable bonds is 6. The van der Waals surface area contributed by atoms with Crippen molar-refractivity contribution in [3.05, 3.63) is 28.8 Å². The Morgan fingerprint density at radius 3 is 2.95 bits per heavy atom. The molecule has 0 bridgehead atoms. The molecule has 0 amide bonds. The average Bonchev–Trinajstić information content (AvgIpc) is 2.78. The van der Waals surface area contributed by atoms with Gasteiger partial charge in [0, 0.05) is 23.7 Å². The standard InChI is InChI=1S/C16H24ClNO3/c1-11-8-14(4-5-15(11)17)21-10-13(19)9-18-16(3)6-7-20-12(16)2/h4-5,8,12-13,18-19H,6-7,9-10H2,1-3H3. The van der Waals surface area contributed by atoms with Gasteiger partial charge < -0.3 is 19.9 Å². The number of aliphatic hydroxyl groups excluding tert-OH is 1. The van der Waals surface area contributed by atoms with E-state index in [0.29, 0.717) is 11.6 Å². The lowest BCUT2D eigenvalue weighted by Gasteiger charge is -2.30. The van der Waals surface area contributed by atoms with Crippen LogP contribution in [0.4, 0.5) is 0 Å². The third-order valence-electron chi connectivity index (χ3n) is 4.20. The molecule has 1 heterocycles. The van der Waals surface area contributed by atoms with Crippen LogP contribution in [0.3, 0.4) is 0 Å². The van der Waals surface area contributed by atoms with Gasteiger partial charge in [0.25, 0.3) is 0 Å². The second-order valence-corrected chi connectivity index (χ2v) is 6.34. The quantitative estimate of drug-likeness (QED) is 0.847. The Hall–Kier alpha value is -0.810. The van der Waals surface area contributed by atoms with Crippen LogP contribution >= 0.6 is 11.6 Å². The van der Waals surface area contributed by atoms with Crippen molar-refractivity contribution in [3.63, 3.8) is 0 Å². The molecule has 2 N–H and O–H groups in total. The SMILES string of the molecule is Cc1cc(OCC(O)CNC2(C)CCOC2C)ccc1Cl. The second-order valence-electron chi connectivity index (χ2n) is 5.94. The molecule has 0 aromatic heterocycles. The highest BCUT2D eigenvalue weighted by atomic mass is 35.5. The molecule has 1 aliphatic rings. The number of ether oxygens (including phenoxy) is 2. The summed E-state index contributed by atoms with van der Waals surface area (Å²) in [7, 11) is 0. The summed E-state index contributed by atoms with van der Waals surface area (Å²) in [5.41, 5.74) is 0.893. The normalized spacial score (nSPS) is 26.8. The Labute approximate surface area is 131 Å². The number of β-amino-alcohol motifs (C(OH)–C–C–N with tert-alkyl or cyclic N) is 1. The summed E-state index contributed by atoms with van der Waals surface area (Å²) >= 11 is 5.97. The number of hydrogen-bond acceptors (Lipinski definition) is 4. The Morgan fingerprint density at radius 1 is 1.57 bits per heavy atom. The van der Waals surface area contributed by atoms with Crippen LogP contribution in [0.2, 0.25) is 5.02 Å². The van der Waals surface area contributed by atoms with Crippen LogP contribution in [0.5, 0.6) is 5.75 Å². The van der Waals surface area contributed by atoms with Crippen molar-refractivity contribution < 1.29 is 14.6 Å². The van der Waals surface area contributed by atoms with Gasteiger partial charge in [-0.25, -0.2) is 0 Å². The fraction of sp³-hybridized carbons (Fsp3) is 0.625. The minimum absolute atomic E-state index is 0.0716. The lowest BCUT2D eigenvalue weighted by Crippen LogP contribution is -2.51. The first-order chi connectivity index (χ1) is 9.90.